The normalized spacial score (nSPS) is 11.1. The topological polar surface area (TPSA) is 54.6 Å². The Balaban J connectivity index is 0.00000109. The summed E-state index contributed by atoms with van der Waals surface area (Å²) in [5.74, 6) is -1.15. The molecule has 1 aromatic carbocycles. The van der Waals surface area contributed by atoms with Gasteiger partial charge in [0.2, 0.25) is 0 Å². The average molecular weight is 350 g/mol. The third kappa shape index (κ3) is 3.99. The average Bonchev–Trinajstić information content (AvgIpc) is 3.02. The van der Waals surface area contributed by atoms with Crippen molar-refractivity contribution >= 4 is 11.5 Å². The number of aromatic nitrogens is 2. The number of benzene rings is 1. The highest BCUT2D eigenvalue weighted by Gasteiger charge is 2.29. The lowest BCUT2D eigenvalue weighted by Crippen LogP contribution is -2.05. The molecule has 4 nitrogen and oxygen atoms in total. The first-order valence-electron chi connectivity index (χ1n) is 7.70. The van der Waals surface area contributed by atoms with E-state index in [9.17, 15) is 23.1 Å². The van der Waals surface area contributed by atoms with Gasteiger partial charge in [-0.25, -0.2) is 9.78 Å². The molecule has 3 aromatic rings. The smallest absolute Gasteiger partial charge is 0.416 e. The van der Waals surface area contributed by atoms with Gasteiger partial charge in [-0.15, -0.1) is 0 Å². The van der Waals surface area contributed by atoms with Gasteiger partial charge < -0.3 is 9.51 Å². The van der Waals surface area contributed by atoms with Gasteiger partial charge >= 0.3 is 12.1 Å². The number of imidazole rings is 1. The number of aromatic carboxylic acids is 1. The highest BCUT2D eigenvalue weighted by molar-refractivity contribution is 5.94. The van der Waals surface area contributed by atoms with Crippen molar-refractivity contribution in [1.29, 1.82) is 0 Å². The maximum atomic E-state index is 12.6. The minimum atomic E-state index is -4.37. The number of halogens is 3. The van der Waals surface area contributed by atoms with Crippen molar-refractivity contribution in [3.63, 3.8) is 0 Å². The van der Waals surface area contributed by atoms with Crippen LogP contribution in [0.2, 0.25) is 0 Å². The van der Waals surface area contributed by atoms with Crippen LogP contribution in [-0.4, -0.2) is 20.5 Å². The van der Waals surface area contributed by atoms with Gasteiger partial charge in [-0.3, -0.25) is 0 Å². The molecule has 0 amide bonds. The molecule has 2 aromatic heterocycles. The van der Waals surface area contributed by atoms with E-state index in [1.54, 1.807) is 22.7 Å². The van der Waals surface area contributed by atoms with Crippen LogP contribution in [-0.2, 0) is 12.6 Å². The fourth-order valence-electron chi connectivity index (χ4n) is 2.45. The standard InChI is InChI=1S/C16H11F3N2O2.C2H6/c17-16(18,19)12-5-3-10(4-6-12)8-11-2-1-7-21-9-20-13(14(11)21)15(22)23;1-2/h1-7,9H,8H2,(H,22,23);1-2H3. The quantitative estimate of drug-likeness (QED) is 0.747. The minimum absolute atomic E-state index is 0.0764. The van der Waals surface area contributed by atoms with Crippen LogP contribution in [0.4, 0.5) is 13.2 Å². The number of hydrogen-bond acceptors (Lipinski definition) is 2. The Labute approximate surface area is 142 Å². The zero-order valence-electron chi connectivity index (χ0n) is 13.7. The number of carboxylic acid groups (broad SMARTS) is 1. The molecule has 0 unspecified atom stereocenters. The van der Waals surface area contributed by atoms with Crippen LogP contribution in [0.15, 0.2) is 48.9 Å². The third-order valence-corrected chi connectivity index (χ3v) is 3.52. The lowest BCUT2D eigenvalue weighted by Gasteiger charge is -2.09. The lowest BCUT2D eigenvalue weighted by atomic mass is 10.0. The summed E-state index contributed by atoms with van der Waals surface area (Å²) in [5, 5.41) is 9.19. The molecule has 0 bridgehead atoms. The first-order chi connectivity index (χ1) is 11.9. The predicted octanol–water partition coefficient (Wildman–Crippen LogP) is 4.67. The third-order valence-electron chi connectivity index (χ3n) is 3.52. The van der Waals surface area contributed by atoms with E-state index in [0.29, 0.717) is 23.1 Å². The number of alkyl halides is 3. The molecular formula is C18H17F3N2O2. The molecule has 7 heteroatoms. The Kier molecular flexibility index (Phi) is 5.46. The number of carbonyl (C=O) groups is 1. The second kappa shape index (κ2) is 7.38. The van der Waals surface area contributed by atoms with Crippen molar-refractivity contribution < 1.29 is 23.1 Å². The summed E-state index contributed by atoms with van der Waals surface area (Å²) in [6.45, 7) is 4.00. The fourth-order valence-corrected chi connectivity index (χ4v) is 2.45. The molecule has 0 atom stereocenters. The second-order valence-electron chi connectivity index (χ2n) is 5.06. The van der Waals surface area contributed by atoms with Gasteiger partial charge in [0.1, 0.15) is 6.33 Å². The van der Waals surface area contributed by atoms with Crippen molar-refractivity contribution in [2.75, 3.05) is 0 Å². The van der Waals surface area contributed by atoms with Crippen LogP contribution in [0.3, 0.4) is 0 Å². The molecule has 1 N–H and O–H groups in total. The Hall–Kier alpha value is -2.83. The number of rotatable bonds is 3. The van der Waals surface area contributed by atoms with Crippen LogP contribution in [0, 0.1) is 0 Å². The van der Waals surface area contributed by atoms with Crippen molar-refractivity contribution in [2.24, 2.45) is 0 Å². The summed E-state index contributed by atoms with van der Waals surface area (Å²) in [4.78, 5) is 15.1. The number of nitrogens with zero attached hydrogens (tertiary/aromatic N) is 2. The van der Waals surface area contributed by atoms with Gasteiger partial charge in [-0.2, -0.15) is 13.2 Å². The van der Waals surface area contributed by atoms with Crippen molar-refractivity contribution in [1.82, 2.24) is 9.38 Å². The molecule has 132 valence electrons. The Morgan fingerprint density at radius 3 is 2.36 bits per heavy atom. The maximum Gasteiger partial charge on any atom is 0.416 e. The van der Waals surface area contributed by atoms with Gasteiger partial charge in [0.15, 0.2) is 5.69 Å². The van der Waals surface area contributed by atoms with E-state index >= 15 is 0 Å². The Morgan fingerprint density at radius 1 is 1.16 bits per heavy atom. The van der Waals surface area contributed by atoms with E-state index in [2.05, 4.69) is 4.98 Å². The number of hydrogen-bond donors (Lipinski definition) is 1. The summed E-state index contributed by atoms with van der Waals surface area (Å²) in [6.07, 6.45) is -0.991. The van der Waals surface area contributed by atoms with Crippen molar-refractivity contribution in [2.45, 2.75) is 26.4 Å². The fraction of sp³-hybridized carbons (Fsp3) is 0.222. The molecule has 25 heavy (non-hydrogen) atoms. The largest absolute Gasteiger partial charge is 0.476 e. The van der Waals surface area contributed by atoms with Gasteiger partial charge in [-0.05, 0) is 35.7 Å². The van der Waals surface area contributed by atoms with Crippen LogP contribution >= 0.6 is 0 Å². The minimum Gasteiger partial charge on any atom is -0.476 e. The Bertz CT molecular complexity index is 868. The number of carboxylic acids is 1. The van der Waals surface area contributed by atoms with Crippen LogP contribution in [0.1, 0.15) is 41.0 Å². The van der Waals surface area contributed by atoms with E-state index in [4.69, 9.17) is 0 Å². The molecule has 0 saturated carbocycles. The van der Waals surface area contributed by atoms with Crippen molar-refractivity contribution in [3.8, 4) is 0 Å². The summed E-state index contributed by atoms with van der Waals surface area (Å²) in [6, 6.07) is 8.29. The first-order valence-corrected chi connectivity index (χ1v) is 7.70. The van der Waals surface area contributed by atoms with Gasteiger partial charge in [0.25, 0.3) is 0 Å². The van der Waals surface area contributed by atoms with Crippen LogP contribution in [0.5, 0.6) is 0 Å². The highest BCUT2D eigenvalue weighted by atomic mass is 19.4. The summed E-state index contributed by atoms with van der Waals surface area (Å²) >= 11 is 0. The summed E-state index contributed by atoms with van der Waals surface area (Å²) in [5.41, 5.74) is 0.994. The highest BCUT2D eigenvalue weighted by Crippen LogP contribution is 2.29. The van der Waals surface area contributed by atoms with E-state index in [0.717, 1.165) is 12.1 Å². The molecule has 3 rings (SSSR count). The van der Waals surface area contributed by atoms with Crippen molar-refractivity contribution in [3.05, 3.63) is 71.3 Å². The van der Waals surface area contributed by atoms with E-state index in [1.165, 1.54) is 18.5 Å². The lowest BCUT2D eigenvalue weighted by molar-refractivity contribution is -0.137. The maximum absolute atomic E-state index is 12.6. The number of fused-ring (bicyclic) bond motifs is 1. The zero-order valence-corrected chi connectivity index (χ0v) is 13.7. The molecule has 0 aliphatic carbocycles. The molecule has 0 radical (unpaired) electrons. The predicted molar refractivity (Wildman–Crippen MR) is 87.7 cm³/mol. The number of pyridine rings is 1. The molecule has 2 heterocycles. The van der Waals surface area contributed by atoms with E-state index in [-0.39, 0.29) is 5.69 Å². The van der Waals surface area contributed by atoms with Crippen LogP contribution < -0.4 is 0 Å². The first kappa shape index (κ1) is 18.5. The van der Waals surface area contributed by atoms with Gasteiger partial charge in [0.05, 0.1) is 11.1 Å². The molecule has 0 fully saturated rings. The molecule has 0 aliphatic rings. The molecule has 0 aliphatic heterocycles. The molecule has 0 spiro atoms. The molecular weight excluding hydrogens is 333 g/mol. The Morgan fingerprint density at radius 2 is 1.80 bits per heavy atom. The van der Waals surface area contributed by atoms with E-state index < -0.39 is 17.7 Å². The SMILES string of the molecule is CC.O=C(O)c1ncn2cccc(Cc3ccc(C(F)(F)F)cc3)c12. The summed E-state index contributed by atoms with van der Waals surface area (Å²) < 4.78 is 39.3. The van der Waals surface area contributed by atoms with E-state index in [1.807, 2.05) is 13.8 Å². The van der Waals surface area contributed by atoms with Gasteiger partial charge in [-0.1, -0.05) is 32.0 Å². The van der Waals surface area contributed by atoms with Crippen LogP contribution in [0.25, 0.3) is 5.52 Å². The monoisotopic (exact) mass is 350 g/mol. The second-order valence-corrected chi connectivity index (χ2v) is 5.06. The van der Waals surface area contributed by atoms with Gasteiger partial charge in [0, 0.05) is 6.20 Å². The zero-order chi connectivity index (χ0) is 18.6. The summed E-state index contributed by atoms with van der Waals surface area (Å²) in [7, 11) is 0. The molecule has 0 saturated heterocycles.